The van der Waals surface area contributed by atoms with Gasteiger partial charge in [-0.3, -0.25) is 0 Å². The summed E-state index contributed by atoms with van der Waals surface area (Å²) in [5.41, 5.74) is 5.21. The van der Waals surface area contributed by atoms with Crippen LogP contribution in [0.15, 0.2) is 132 Å². The van der Waals surface area contributed by atoms with Gasteiger partial charge < -0.3 is 9.32 Å². The highest BCUT2D eigenvalue weighted by Gasteiger charge is 2.18. The summed E-state index contributed by atoms with van der Waals surface area (Å²) in [6.45, 7) is 0. The van der Waals surface area contributed by atoms with Crippen molar-refractivity contribution >= 4 is 81.3 Å². The molecule has 0 bridgehead atoms. The molecule has 2 heterocycles. The summed E-state index contributed by atoms with van der Waals surface area (Å²) in [5, 5.41) is 7.37. The van der Waals surface area contributed by atoms with Crippen molar-refractivity contribution in [3.8, 4) is 0 Å². The number of furan rings is 1. The van der Waals surface area contributed by atoms with Crippen LogP contribution in [0.25, 0.3) is 52.9 Å². The number of hydrogen-bond acceptors (Lipinski definition) is 3. The molecule has 174 valence electrons. The molecule has 0 aliphatic rings. The molecule has 0 fully saturated rings. The van der Waals surface area contributed by atoms with Crippen molar-refractivity contribution in [2.24, 2.45) is 0 Å². The van der Waals surface area contributed by atoms with E-state index < -0.39 is 0 Å². The first-order valence-electron chi connectivity index (χ1n) is 12.4. The van der Waals surface area contributed by atoms with Crippen molar-refractivity contribution in [3.05, 3.63) is 127 Å². The minimum absolute atomic E-state index is 0.905. The van der Waals surface area contributed by atoms with Gasteiger partial charge in [-0.05, 0) is 66.0 Å². The van der Waals surface area contributed by atoms with Gasteiger partial charge in [0.2, 0.25) is 0 Å². The fourth-order valence-electron chi connectivity index (χ4n) is 5.53. The Morgan fingerprint density at radius 3 is 2.16 bits per heavy atom. The molecule has 0 N–H and O–H groups in total. The van der Waals surface area contributed by atoms with Crippen LogP contribution in [-0.2, 0) is 0 Å². The number of fused-ring (bicyclic) bond motifs is 7. The lowest BCUT2D eigenvalue weighted by molar-refractivity contribution is 0.669. The van der Waals surface area contributed by atoms with Gasteiger partial charge in [0, 0.05) is 47.7 Å². The van der Waals surface area contributed by atoms with Crippen molar-refractivity contribution in [1.82, 2.24) is 0 Å². The van der Waals surface area contributed by atoms with Crippen molar-refractivity contribution in [2.75, 3.05) is 4.90 Å². The van der Waals surface area contributed by atoms with Gasteiger partial charge in [0.15, 0.2) is 0 Å². The number of rotatable bonds is 3. The van der Waals surface area contributed by atoms with Gasteiger partial charge in [-0.15, -0.1) is 11.3 Å². The van der Waals surface area contributed by atoms with Gasteiger partial charge in [-0.1, -0.05) is 66.7 Å². The molecule has 2 aromatic heterocycles. The Kier molecular flexibility index (Phi) is 4.42. The molecule has 37 heavy (non-hydrogen) atoms. The van der Waals surface area contributed by atoms with Crippen LogP contribution >= 0.6 is 11.3 Å². The maximum absolute atomic E-state index is 6.13. The Balaban J connectivity index is 1.43. The second kappa shape index (κ2) is 7.95. The second-order valence-electron chi connectivity index (χ2n) is 9.39. The normalized spacial score (nSPS) is 11.8. The lowest BCUT2D eigenvalue weighted by Gasteiger charge is -2.27. The van der Waals surface area contributed by atoms with Crippen molar-refractivity contribution < 1.29 is 4.42 Å². The minimum atomic E-state index is 0.905. The molecule has 0 atom stereocenters. The fraction of sp³-hybridized carbons (Fsp3) is 0. The number of hydrogen-bond donors (Lipinski definition) is 0. The van der Waals surface area contributed by atoms with Crippen LogP contribution in [0.1, 0.15) is 0 Å². The molecule has 0 saturated heterocycles. The Hall–Kier alpha value is -4.60. The SMILES string of the molecule is c1ccc(N(c2ccc3oc4ccccc4c3c2)c2cccc3cc4sc5ccccc5c4cc23)cc1. The molecular formula is C34H21NOS. The van der Waals surface area contributed by atoms with E-state index >= 15 is 0 Å². The zero-order valence-corrected chi connectivity index (χ0v) is 20.7. The molecule has 0 saturated carbocycles. The molecule has 0 unspecified atom stereocenters. The predicted molar refractivity (Wildman–Crippen MR) is 159 cm³/mol. The Labute approximate surface area is 217 Å². The molecule has 3 heteroatoms. The van der Waals surface area contributed by atoms with Crippen LogP contribution < -0.4 is 4.90 Å². The summed E-state index contributed by atoms with van der Waals surface area (Å²) in [6.07, 6.45) is 0. The third-order valence-corrected chi connectivity index (χ3v) is 8.36. The van der Waals surface area contributed by atoms with Crippen molar-refractivity contribution in [2.45, 2.75) is 0 Å². The molecule has 0 aliphatic carbocycles. The molecule has 6 aromatic carbocycles. The molecule has 0 spiro atoms. The molecule has 0 aliphatic heterocycles. The van der Waals surface area contributed by atoms with E-state index in [-0.39, 0.29) is 0 Å². The Morgan fingerprint density at radius 1 is 0.459 bits per heavy atom. The van der Waals surface area contributed by atoms with Crippen LogP contribution in [0.5, 0.6) is 0 Å². The van der Waals surface area contributed by atoms with Crippen LogP contribution in [0.2, 0.25) is 0 Å². The maximum atomic E-state index is 6.13. The number of nitrogens with zero attached hydrogens (tertiary/aromatic N) is 1. The Bertz CT molecular complexity index is 2100. The predicted octanol–water partition coefficient (Wildman–Crippen LogP) is 10.6. The van der Waals surface area contributed by atoms with Gasteiger partial charge in [-0.25, -0.2) is 0 Å². The zero-order valence-electron chi connectivity index (χ0n) is 19.9. The average molecular weight is 492 g/mol. The highest BCUT2D eigenvalue weighted by Crippen LogP contribution is 2.44. The first kappa shape index (κ1) is 20.6. The average Bonchev–Trinajstić information content (AvgIpc) is 3.50. The van der Waals surface area contributed by atoms with E-state index in [1.54, 1.807) is 0 Å². The quantitative estimate of drug-likeness (QED) is 0.244. The van der Waals surface area contributed by atoms with E-state index in [1.165, 1.54) is 30.9 Å². The summed E-state index contributed by atoms with van der Waals surface area (Å²) in [6, 6.07) is 45.4. The van der Waals surface area contributed by atoms with Gasteiger partial charge in [0.05, 0.1) is 5.69 Å². The summed E-state index contributed by atoms with van der Waals surface area (Å²) < 4.78 is 8.78. The molecule has 2 nitrogen and oxygen atoms in total. The molecule has 8 rings (SSSR count). The van der Waals surface area contributed by atoms with Gasteiger partial charge in [0.25, 0.3) is 0 Å². The van der Waals surface area contributed by atoms with Crippen molar-refractivity contribution in [3.63, 3.8) is 0 Å². The van der Waals surface area contributed by atoms with E-state index in [1.807, 2.05) is 23.5 Å². The van der Waals surface area contributed by atoms with E-state index in [9.17, 15) is 0 Å². The van der Waals surface area contributed by atoms with E-state index in [0.29, 0.717) is 0 Å². The summed E-state index contributed by atoms with van der Waals surface area (Å²) >= 11 is 1.86. The maximum Gasteiger partial charge on any atom is 0.135 e. The van der Waals surface area contributed by atoms with Gasteiger partial charge in [0.1, 0.15) is 11.2 Å². The standard InChI is InChI=1S/C34H21NOS/c1-2-10-23(11-3-1)35(24-17-18-32-28(20-24)25-12-4-6-15-31(25)36-32)30-14-8-9-22-19-34-29(21-27(22)30)26-13-5-7-16-33(26)37-34/h1-21H. The first-order valence-corrected chi connectivity index (χ1v) is 13.3. The number of benzene rings is 6. The van der Waals surface area contributed by atoms with Crippen LogP contribution in [0.3, 0.4) is 0 Å². The number of para-hydroxylation sites is 2. The first-order chi connectivity index (χ1) is 18.3. The minimum Gasteiger partial charge on any atom is -0.456 e. The lowest BCUT2D eigenvalue weighted by atomic mass is 10.0. The van der Waals surface area contributed by atoms with E-state index in [2.05, 4.69) is 120 Å². The van der Waals surface area contributed by atoms with E-state index in [0.717, 1.165) is 39.0 Å². The lowest BCUT2D eigenvalue weighted by Crippen LogP contribution is -2.10. The molecule has 0 radical (unpaired) electrons. The topological polar surface area (TPSA) is 16.4 Å². The molecular weight excluding hydrogens is 470 g/mol. The smallest absolute Gasteiger partial charge is 0.135 e. The molecule has 0 amide bonds. The summed E-state index contributed by atoms with van der Waals surface area (Å²) in [5.74, 6) is 0. The van der Waals surface area contributed by atoms with Crippen molar-refractivity contribution in [1.29, 1.82) is 0 Å². The monoisotopic (exact) mass is 491 g/mol. The number of thiophene rings is 1. The summed E-state index contributed by atoms with van der Waals surface area (Å²) in [7, 11) is 0. The third-order valence-electron chi connectivity index (χ3n) is 7.23. The largest absolute Gasteiger partial charge is 0.456 e. The Morgan fingerprint density at radius 2 is 1.24 bits per heavy atom. The van der Waals surface area contributed by atoms with Gasteiger partial charge in [-0.2, -0.15) is 0 Å². The highest BCUT2D eigenvalue weighted by molar-refractivity contribution is 7.25. The van der Waals surface area contributed by atoms with Crippen LogP contribution in [0.4, 0.5) is 17.1 Å². The highest BCUT2D eigenvalue weighted by atomic mass is 32.1. The van der Waals surface area contributed by atoms with E-state index in [4.69, 9.17) is 4.42 Å². The van der Waals surface area contributed by atoms with Crippen LogP contribution in [0, 0.1) is 0 Å². The fourth-order valence-corrected chi connectivity index (χ4v) is 6.67. The number of anilines is 3. The molecule has 8 aromatic rings. The zero-order chi connectivity index (χ0) is 24.3. The third kappa shape index (κ3) is 3.18. The van der Waals surface area contributed by atoms with Crippen LogP contribution in [-0.4, -0.2) is 0 Å². The van der Waals surface area contributed by atoms with Gasteiger partial charge >= 0.3 is 0 Å². The second-order valence-corrected chi connectivity index (χ2v) is 10.5. The summed E-state index contributed by atoms with van der Waals surface area (Å²) in [4.78, 5) is 2.37.